The van der Waals surface area contributed by atoms with Crippen molar-refractivity contribution in [1.29, 1.82) is 5.26 Å². The number of hydrogen-bond acceptors (Lipinski definition) is 5. The van der Waals surface area contributed by atoms with Crippen molar-refractivity contribution in [2.24, 2.45) is 0 Å². The third kappa shape index (κ3) is 3.42. The molecule has 2 aromatic carbocycles. The van der Waals surface area contributed by atoms with Crippen LogP contribution < -0.4 is 10.1 Å². The van der Waals surface area contributed by atoms with E-state index >= 15 is 0 Å². The van der Waals surface area contributed by atoms with Crippen LogP contribution in [0, 0.1) is 11.3 Å². The van der Waals surface area contributed by atoms with E-state index in [1.54, 1.807) is 24.8 Å². The zero-order valence-electron chi connectivity index (χ0n) is 12.8. The fraction of sp³-hybridized carbons (Fsp3) is 0.0556. The number of amides is 1. The zero-order valence-corrected chi connectivity index (χ0v) is 13.6. The van der Waals surface area contributed by atoms with Crippen LogP contribution in [0.25, 0.3) is 16.8 Å². The first-order valence-corrected chi connectivity index (χ1v) is 7.98. The first-order chi connectivity index (χ1) is 11.7. The van der Waals surface area contributed by atoms with Crippen LogP contribution in [0.4, 0.5) is 5.13 Å². The number of thiazole rings is 1. The fourth-order valence-corrected chi connectivity index (χ4v) is 2.75. The lowest BCUT2D eigenvalue weighted by Crippen LogP contribution is -2.13. The second-order valence-electron chi connectivity index (χ2n) is 4.93. The molecule has 0 aliphatic rings. The standard InChI is InChI=1S/C18H13N3O2S/c1-23-16-5-4-13-8-12(2-3-14(13)10-16)9-15(11-19)17(22)21-18-20-6-7-24-18/h2-10H,1H3,(H,20,21,22). The van der Waals surface area contributed by atoms with Crippen molar-refractivity contribution < 1.29 is 9.53 Å². The van der Waals surface area contributed by atoms with Crippen molar-refractivity contribution in [2.45, 2.75) is 0 Å². The molecule has 0 saturated carbocycles. The summed E-state index contributed by atoms with van der Waals surface area (Å²) >= 11 is 1.30. The van der Waals surface area contributed by atoms with E-state index in [9.17, 15) is 10.1 Å². The number of fused-ring (bicyclic) bond motifs is 1. The first-order valence-electron chi connectivity index (χ1n) is 7.10. The molecule has 118 valence electrons. The molecule has 0 bridgehead atoms. The van der Waals surface area contributed by atoms with Crippen molar-refractivity contribution in [2.75, 3.05) is 12.4 Å². The van der Waals surface area contributed by atoms with E-state index in [0.29, 0.717) is 5.13 Å². The summed E-state index contributed by atoms with van der Waals surface area (Å²) < 4.78 is 5.20. The predicted octanol–water partition coefficient (Wildman–Crippen LogP) is 3.85. The zero-order chi connectivity index (χ0) is 16.9. The minimum absolute atomic E-state index is 0.0260. The molecule has 0 radical (unpaired) electrons. The lowest BCUT2D eigenvalue weighted by atomic mass is 10.0. The SMILES string of the molecule is COc1ccc2cc(C=C(C#N)C(=O)Nc3nccs3)ccc2c1. The van der Waals surface area contributed by atoms with Gasteiger partial charge in [-0.05, 0) is 40.6 Å². The average molecular weight is 335 g/mol. The van der Waals surface area contributed by atoms with E-state index in [0.717, 1.165) is 22.1 Å². The minimum Gasteiger partial charge on any atom is -0.497 e. The van der Waals surface area contributed by atoms with E-state index in [2.05, 4.69) is 10.3 Å². The van der Waals surface area contributed by atoms with Gasteiger partial charge in [-0.15, -0.1) is 11.3 Å². The van der Waals surface area contributed by atoms with Gasteiger partial charge in [0, 0.05) is 11.6 Å². The summed E-state index contributed by atoms with van der Waals surface area (Å²) in [5.41, 5.74) is 0.802. The van der Waals surface area contributed by atoms with Crippen molar-refractivity contribution in [3.8, 4) is 11.8 Å². The number of rotatable bonds is 4. The molecule has 3 aromatic rings. The Balaban J connectivity index is 1.89. The van der Waals surface area contributed by atoms with Crippen molar-refractivity contribution in [3.63, 3.8) is 0 Å². The number of anilines is 1. The lowest BCUT2D eigenvalue weighted by molar-refractivity contribution is -0.112. The first kappa shape index (κ1) is 15.7. The molecule has 24 heavy (non-hydrogen) atoms. The molecule has 0 atom stereocenters. The molecule has 0 saturated heterocycles. The summed E-state index contributed by atoms with van der Waals surface area (Å²) in [7, 11) is 1.62. The Morgan fingerprint density at radius 2 is 2.08 bits per heavy atom. The second-order valence-corrected chi connectivity index (χ2v) is 5.83. The molecule has 0 fully saturated rings. The Labute approximate surface area is 142 Å². The van der Waals surface area contributed by atoms with Gasteiger partial charge in [0.2, 0.25) is 0 Å². The number of carbonyl (C=O) groups is 1. The Bertz CT molecular complexity index is 956. The van der Waals surface area contributed by atoms with Crippen molar-refractivity contribution in [1.82, 2.24) is 4.98 Å². The highest BCUT2D eigenvalue weighted by molar-refractivity contribution is 7.13. The number of benzene rings is 2. The Morgan fingerprint density at radius 1 is 1.29 bits per heavy atom. The molecule has 0 unspecified atom stereocenters. The molecule has 3 rings (SSSR count). The Hall–Kier alpha value is -3.17. The number of ether oxygens (including phenoxy) is 1. The number of nitrogens with one attached hydrogen (secondary N) is 1. The van der Waals surface area contributed by atoms with Gasteiger partial charge in [-0.25, -0.2) is 4.98 Å². The van der Waals surface area contributed by atoms with Gasteiger partial charge in [0.05, 0.1) is 7.11 Å². The van der Waals surface area contributed by atoms with Gasteiger partial charge in [0.1, 0.15) is 17.4 Å². The summed E-state index contributed by atoms with van der Waals surface area (Å²) in [5.74, 6) is 0.314. The molecule has 5 nitrogen and oxygen atoms in total. The quantitative estimate of drug-likeness (QED) is 0.580. The van der Waals surface area contributed by atoms with Gasteiger partial charge in [-0.2, -0.15) is 5.26 Å². The van der Waals surface area contributed by atoms with E-state index in [1.165, 1.54) is 11.3 Å². The van der Waals surface area contributed by atoms with E-state index in [-0.39, 0.29) is 5.57 Å². The van der Waals surface area contributed by atoms with Gasteiger partial charge in [-0.1, -0.05) is 18.2 Å². The summed E-state index contributed by atoms with van der Waals surface area (Å²) in [6.07, 6.45) is 3.15. The topological polar surface area (TPSA) is 75.0 Å². The highest BCUT2D eigenvalue weighted by Gasteiger charge is 2.10. The number of nitrogens with zero attached hydrogens (tertiary/aromatic N) is 2. The molecule has 0 aliphatic carbocycles. The van der Waals surface area contributed by atoms with E-state index < -0.39 is 5.91 Å². The number of carbonyl (C=O) groups excluding carboxylic acids is 1. The number of hydrogen-bond donors (Lipinski definition) is 1. The number of methoxy groups -OCH3 is 1. The Morgan fingerprint density at radius 3 is 2.79 bits per heavy atom. The van der Waals surface area contributed by atoms with Crippen LogP contribution in [-0.2, 0) is 4.79 Å². The third-order valence-corrected chi connectivity index (χ3v) is 4.09. The monoisotopic (exact) mass is 335 g/mol. The highest BCUT2D eigenvalue weighted by Crippen LogP contribution is 2.23. The molecule has 1 heterocycles. The molecular formula is C18H13N3O2S. The van der Waals surface area contributed by atoms with Crippen molar-refractivity contribution >= 4 is 39.2 Å². The minimum atomic E-state index is -0.470. The van der Waals surface area contributed by atoms with Crippen LogP contribution in [0.1, 0.15) is 5.56 Å². The van der Waals surface area contributed by atoms with E-state index in [1.807, 2.05) is 42.5 Å². The summed E-state index contributed by atoms with van der Waals surface area (Å²) in [6.45, 7) is 0. The maximum Gasteiger partial charge on any atom is 0.268 e. The van der Waals surface area contributed by atoms with Gasteiger partial charge < -0.3 is 4.74 Å². The summed E-state index contributed by atoms with van der Waals surface area (Å²) in [6, 6.07) is 13.4. The van der Waals surface area contributed by atoms with Gasteiger partial charge in [-0.3, -0.25) is 10.1 Å². The van der Waals surface area contributed by atoms with Gasteiger partial charge in [0.15, 0.2) is 5.13 Å². The molecule has 0 aliphatic heterocycles. The van der Waals surface area contributed by atoms with Crippen LogP contribution >= 0.6 is 11.3 Å². The summed E-state index contributed by atoms with van der Waals surface area (Å²) in [5, 5.41) is 16.1. The molecule has 1 amide bonds. The molecule has 1 N–H and O–H groups in total. The second kappa shape index (κ2) is 6.94. The van der Waals surface area contributed by atoms with E-state index in [4.69, 9.17) is 4.74 Å². The number of aromatic nitrogens is 1. The molecular weight excluding hydrogens is 322 g/mol. The molecule has 6 heteroatoms. The van der Waals surface area contributed by atoms with Crippen LogP contribution in [0.3, 0.4) is 0 Å². The maximum absolute atomic E-state index is 12.1. The summed E-state index contributed by atoms with van der Waals surface area (Å²) in [4.78, 5) is 16.1. The Kier molecular flexibility index (Phi) is 4.54. The van der Waals surface area contributed by atoms with Gasteiger partial charge >= 0.3 is 0 Å². The van der Waals surface area contributed by atoms with Gasteiger partial charge in [0.25, 0.3) is 5.91 Å². The van der Waals surface area contributed by atoms with Crippen LogP contribution in [0.15, 0.2) is 53.5 Å². The van der Waals surface area contributed by atoms with Crippen LogP contribution in [0.2, 0.25) is 0 Å². The van der Waals surface area contributed by atoms with Crippen LogP contribution in [-0.4, -0.2) is 18.0 Å². The maximum atomic E-state index is 12.1. The van der Waals surface area contributed by atoms with Crippen molar-refractivity contribution in [3.05, 3.63) is 59.1 Å². The van der Waals surface area contributed by atoms with Crippen LogP contribution in [0.5, 0.6) is 5.75 Å². The molecule has 0 spiro atoms. The number of nitriles is 1. The highest BCUT2D eigenvalue weighted by atomic mass is 32.1. The lowest BCUT2D eigenvalue weighted by Gasteiger charge is -2.04. The fourth-order valence-electron chi connectivity index (χ4n) is 2.22. The molecule has 1 aromatic heterocycles. The predicted molar refractivity (Wildman–Crippen MR) is 94.8 cm³/mol. The average Bonchev–Trinajstić information content (AvgIpc) is 3.11. The smallest absolute Gasteiger partial charge is 0.268 e. The third-order valence-electron chi connectivity index (χ3n) is 3.40. The normalized spacial score (nSPS) is 11.1. The largest absolute Gasteiger partial charge is 0.497 e.